The normalized spacial score (nSPS) is 17.1. The number of aliphatic carboxylic acids is 1. The van der Waals surface area contributed by atoms with E-state index in [0.717, 1.165) is 19.3 Å². The largest absolute Gasteiger partial charge is 0.481 e. The lowest BCUT2D eigenvalue weighted by Crippen LogP contribution is -2.13. The molecule has 0 aromatic heterocycles. The van der Waals surface area contributed by atoms with E-state index in [1.807, 2.05) is 12.2 Å². The molecule has 1 aliphatic carbocycles. The molecule has 0 bridgehead atoms. The predicted octanol–water partition coefficient (Wildman–Crippen LogP) is 6.35. The van der Waals surface area contributed by atoms with Gasteiger partial charge in [0.2, 0.25) is 0 Å². The lowest BCUT2D eigenvalue weighted by Gasteiger charge is -2.11. The first kappa shape index (κ1) is 20.2. The number of carboxylic acids is 1. The van der Waals surface area contributed by atoms with Crippen molar-refractivity contribution >= 4 is 5.97 Å². The topological polar surface area (TPSA) is 37.3 Å². The highest BCUT2D eigenvalue weighted by Crippen LogP contribution is 2.17. The number of hydrogen-bond donors (Lipinski definition) is 1. The van der Waals surface area contributed by atoms with Gasteiger partial charge in [-0.3, -0.25) is 4.79 Å². The molecule has 1 N–H and O–H groups in total. The summed E-state index contributed by atoms with van der Waals surface area (Å²) in [7, 11) is 0. The molecule has 0 radical (unpaired) electrons. The Morgan fingerprint density at radius 1 is 0.905 bits per heavy atom. The van der Waals surface area contributed by atoms with E-state index >= 15 is 0 Å². The summed E-state index contributed by atoms with van der Waals surface area (Å²) in [6.07, 6.45) is 20.9. The van der Waals surface area contributed by atoms with Crippen molar-refractivity contribution in [2.75, 3.05) is 0 Å². The van der Waals surface area contributed by atoms with Gasteiger partial charge in [0, 0.05) is 0 Å². The summed E-state index contributed by atoms with van der Waals surface area (Å²) in [5.74, 6) is -0.769. The fraction of sp³-hybridized carbons (Fsp3) is 0.842. The molecule has 21 heavy (non-hydrogen) atoms. The van der Waals surface area contributed by atoms with Crippen LogP contribution in [-0.2, 0) is 4.79 Å². The van der Waals surface area contributed by atoms with Crippen molar-refractivity contribution in [3.8, 4) is 0 Å². The summed E-state index contributed by atoms with van der Waals surface area (Å²) in [6.45, 7) is 4.56. The van der Waals surface area contributed by atoms with Crippen molar-refractivity contribution in [3.63, 3.8) is 0 Å². The quantitative estimate of drug-likeness (QED) is 0.376. The Labute approximate surface area is 132 Å². The third-order valence-electron chi connectivity index (χ3n) is 4.08. The van der Waals surface area contributed by atoms with Gasteiger partial charge < -0.3 is 5.11 Å². The lowest BCUT2D eigenvalue weighted by atomic mass is 9.95. The van der Waals surface area contributed by atoms with E-state index in [9.17, 15) is 4.79 Å². The third kappa shape index (κ3) is 13.9. The molecule has 0 aromatic carbocycles. The maximum Gasteiger partial charge on any atom is 0.306 e. The Hall–Kier alpha value is -0.790. The molecule has 1 aliphatic rings. The van der Waals surface area contributed by atoms with Crippen LogP contribution in [0.25, 0.3) is 0 Å². The van der Waals surface area contributed by atoms with Gasteiger partial charge in [0.05, 0.1) is 5.92 Å². The van der Waals surface area contributed by atoms with Crippen LogP contribution in [0.2, 0.25) is 0 Å². The number of unbranched alkanes of at least 4 members (excludes halogenated alkanes) is 9. The van der Waals surface area contributed by atoms with Crippen molar-refractivity contribution in [2.24, 2.45) is 5.92 Å². The highest BCUT2D eigenvalue weighted by atomic mass is 16.4. The van der Waals surface area contributed by atoms with Crippen LogP contribution in [-0.4, -0.2) is 11.1 Å². The van der Waals surface area contributed by atoms with Crippen LogP contribution >= 0.6 is 0 Å². The van der Waals surface area contributed by atoms with Crippen molar-refractivity contribution in [1.29, 1.82) is 0 Å². The van der Waals surface area contributed by atoms with E-state index in [0.29, 0.717) is 0 Å². The Morgan fingerprint density at radius 3 is 1.67 bits per heavy atom. The summed E-state index contributed by atoms with van der Waals surface area (Å²) in [4.78, 5) is 10.3. The van der Waals surface area contributed by atoms with Crippen LogP contribution < -0.4 is 0 Å². The lowest BCUT2D eigenvalue weighted by molar-refractivity contribution is -0.141. The molecule has 0 amide bonds. The summed E-state index contributed by atoms with van der Waals surface area (Å²) in [5.41, 5.74) is 0. The zero-order valence-corrected chi connectivity index (χ0v) is 14.3. The van der Waals surface area contributed by atoms with Gasteiger partial charge in [0.1, 0.15) is 0 Å². The zero-order chi connectivity index (χ0) is 15.8. The summed E-state index contributed by atoms with van der Waals surface area (Å²) >= 11 is 0. The minimum atomic E-state index is -0.653. The van der Waals surface area contributed by atoms with Crippen molar-refractivity contribution in [3.05, 3.63) is 12.2 Å². The highest BCUT2D eigenvalue weighted by Gasteiger charge is 2.16. The van der Waals surface area contributed by atoms with Crippen molar-refractivity contribution in [1.82, 2.24) is 0 Å². The monoisotopic (exact) mass is 296 g/mol. The van der Waals surface area contributed by atoms with Gasteiger partial charge in [0.25, 0.3) is 0 Å². The molecule has 1 unspecified atom stereocenters. The number of hydrogen-bond acceptors (Lipinski definition) is 1. The first-order valence-electron chi connectivity index (χ1n) is 9.10. The molecule has 0 aliphatic heterocycles. The van der Waals surface area contributed by atoms with Gasteiger partial charge in [0.15, 0.2) is 0 Å². The minimum absolute atomic E-state index is 0.116. The van der Waals surface area contributed by atoms with Gasteiger partial charge in [-0.2, -0.15) is 0 Å². The molecule has 124 valence electrons. The average molecular weight is 296 g/mol. The molecule has 0 aromatic rings. The Bertz CT molecular complexity index is 248. The van der Waals surface area contributed by atoms with Crippen molar-refractivity contribution in [2.45, 2.75) is 97.3 Å². The molecule has 1 rings (SSSR count). The van der Waals surface area contributed by atoms with E-state index in [4.69, 9.17) is 5.11 Å². The standard InChI is InChI=1S/C12H26.C7H10O2/c1-3-5-7-9-11-12-10-8-6-4-2;8-7(9)6-4-2-1-3-5-6/h3-12H2,1-2H3;1-2,6H,3-5H2,(H,8,9). The third-order valence-corrected chi connectivity index (χ3v) is 4.08. The molecule has 0 fully saturated rings. The second-order valence-corrected chi connectivity index (χ2v) is 6.15. The van der Waals surface area contributed by atoms with Gasteiger partial charge in [-0.25, -0.2) is 0 Å². The summed E-state index contributed by atoms with van der Waals surface area (Å²) in [5, 5.41) is 8.50. The van der Waals surface area contributed by atoms with Crippen LogP contribution in [0.4, 0.5) is 0 Å². The molecule has 1 atom stereocenters. The zero-order valence-electron chi connectivity index (χ0n) is 14.3. The molecule has 2 nitrogen and oxygen atoms in total. The summed E-state index contributed by atoms with van der Waals surface area (Å²) < 4.78 is 0. The summed E-state index contributed by atoms with van der Waals surface area (Å²) in [6, 6.07) is 0. The van der Waals surface area contributed by atoms with Gasteiger partial charge >= 0.3 is 5.97 Å². The number of carboxylic acid groups (broad SMARTS) is 1. The van der Waals surface area contributed by atoms with Crippen LogP contribution in [0, 0.1) is 5.92 Å². The van der Waals surface area contributed by atoms with Gasteiger partial charge in [-0.15, -0.1) is 0 Å². The van der Waals surface area contributed by atoms with E-state index in [2.05, 4.69) is 13.8 Å². The van der Waals surface area contributed by atoms with Gasteiger partial charge in [-0.1, -0.05) is 90.2 Å². The number of carbonyl (C=O) groups is 1. The number of allylic oxidation sites excluding steroid dienone is 2. The Kier molecular flexibility index (Phi) is 15.0. The molecule has 0 saturated heterocycles. The first-order chi connectivity index (χ1) is 10.2. The van der Waals surface area contributed by atoms with Crippen LogP contribution in [0.15, 0.2) is 12.2 Å². The molecule has 0 saturated carbocycles. The van der Waals surface area contributed by atoms with E-state index in [-0.39, 0.29) is 5.92 Å². The fourth-order valence-electron chi connectivity index (χ4n) is 2.58. The smallest absolute Gasteiger partial charge is 0.306 e. The highest BCUT2D eigenvalue weighted by molar-refractivity contribution is 5.70. The average Bonchev–Trinajstić information content (AvgIpc) is 2.51. The van der Waals surface area contributed by atoms with E-state index in [1.165, 1.54) is 64.2 Å². The number of rotatable bonds is 10. The van der Waals surface area contributed by atoms with Gasteiger partial charge in [-0.05, 0) is 19.3 Å². The predicted molar refractivity (Wildman–Crippen MR) is 91.6 cm³/mol. The molecule has 2 heteroatoms. The molecule has 0 heterocycles. The Balaban J connectivity index is 0.000000394. The SMILES string of the molecule is CCCCCCCCCCCC.O=C(O)C1CC=CCC1. The first-order valence-corrected chi connectivity index (χ1v) is 9.10. The van der Waals surface area contributed by atoms with Crippen LogP contribution in [0.1, 0.15) is 97.3 Å². The van der Waals surface area contributed by atoms with E-state index < -0.39 is 5.97 Å². The maximum atomic E-state index is 10.3. The van der Waals surface area contributed by atoms with E-state index in [1.54, 1.807) is 0 Å². The fourth-order valence-corrected chi connectivity index (χ4v) is 2.58. The second-order valence-electron chi connectivity index (χ2n) is 6.15. The molecule has 0 spiro atoms. The second kappa shape index (κ2) is 15.6. The maximum absolute atomic E-state index is 10.3. The van der Waals surface area contributed by atoms with Crippen LogP contribution in [0.3, 0.4) is 0 Å². The minimum Gasteiger partial charge on any atom is -0.481 e. The Morgan fingerprint density at radius 2 is 1.38 bits per heavy atom. The van der Waals surface area contributed by atoms with Crippen LogP contribution in [0.5, 0.6) is 0 Å². The molecular formula is C19H36O2. The molecular weight excluding hydrogens is 260 g/mol. The van der Waals surface area contributed by atoms with Crippen molar-refractivity contribution < 1.29 is 9.90 Å².